The smallest absolute Gasteiger partial charge is 0.214 e. The molecule has 0 spiro atoms. The van der Waals surface area contributed by atoms with Gasteiger partial charge in [0.15, 0.2) is 5.82 Å². The summed E-state index contributed by atoms with van der Waals surface area (Å²) in [7, 11) is 0. The Morgan fingerprint density at radius 2 is 2.11 bits per heavy atom. The normalized spacial score (nSPS) is 17.1. The minimum absolute atomic E-state index is 0.114. The molecule has 3 rings (SSSR count). The molecule has 0 aromatic heterocycles. The molecular formula is C13H10N4O. The van der Waals surface area contributed by atoms with E-state index >= 15 is 0 Å². The topological polar surface area (TPSA) is 57.4 Å². The fraction of sp³-hybridized carbons (Fsp3) is 0.0769. The van der Waals surface area contributed by atoms with Crippen LogP contribution in [0.3, 0.4) is 0 Å². The van der Waals surface area contributed by atoms with E-state index in [2.05, 4.69) is 28.5 Å². The first kappa shape index (κ1) is 10.6. The van der Waals surface area contributed by atoms with Crippen molar-refractivity contribution in [3.8, 4) is 0 Å². The highest BCUT2D eigenvalue weighted by molar-refractivity contribution is 6.78. The number of nitrogens with zero attached hydrogens (tertiary/aromatic N) is 4. The average Bonchev–Trinajstić information content (AvgIpc) is 2.63. The molecule has 0 fully saturated rings. The number of carbonyl (C=O) groups is 1. The number of aliphatic imine (C=N–C) groups is 1. The van der Waals surface area contributed by atoms with Crippen molar-refractivity contribution in [1.29, 1.82) is 0 Å². The Hall–Kier alpha value is -2.56. The van der Waals surface area contributed by atoms with Crippen LogP contribution in [0, 0.1) is 6.92 Å². The number of benzene rings is 1. The van der Waals surface area contributed by atoms with E-state index in [1.165, 1.54) is 5.12 Å². The lowest BCUT2D eigenvalue weighted by atomic mass is 10.0. The van der Waals surface area contributed by atoms with E-state index in [0.717, 1.165) is 11.1 Å². The van der Waals surface area contributed by atoms with Gasteiger partial charge >= 0.3 is 0 Å². The Labute approximate surface area is 104 Å². The molecule has 0 atom stereocenters. The average molecular weight is 238 g/mol. The summed E-state index contributed by atoms with van der Waals surface area (Å²) in [5.74, 6) is 0.180. The fourth-order valence-electron chi connectivity index (χ4n) is 2.17. The molecule has 0 saturated heterocycles. The van der Waals surface area contributed by atoms with Crippen LogP contribution in [-0.2, 0) is 0 Å². The van der Waals surface area contributed by atoms with Gasteiger partial charge in [0, 0.05) is 17.8 Å². The van der Waals surface area contributed by atoms with E-state index in [0.29, 0.717) is 22.8 Å². The van der Waals surface area contributed by atoms with E-state index in [1.807, 2.05) is 19.1 Å². The van der Waals surface area contributed by atoms with E-state index < -0.39 is 0 Å². The third kappa shape index (κ3) is 1.21. The lowest BCUT2D eigenvalue weighted by Crippen LogP contribution is -2.25. The van der Waals surface area contributed by atoms with Gasteiger partial charge in [-0.05, 0) is 12.5 Å². The second kappa shape index (κ2) is 3.46. The van der Waals surface area contributed by atoms with E-state index in [-0.39, 0.29) is 5.78 Å². The molecule has 0 N–H and O–H groups in total. The first-order valence-corrected chi connectivity index (χ1v) is 5.41. The second-order valence-corrected chi connectivity index (χ2v) is 4.08. The number of hydrazone groups is 2. The Bertz CT molecular complexity index is 670. The van der Waals surface area contributed by atoms with Crippen LogP contribution in [0.2, 0.25) is 0 Å². The zero-order valence-corrected chi connectivity index (χ0v) is 9.84. The molecule has 1 aromatic carbocycles. The van der Waals surface area contributed by atoms with Crippen LogP contribution in [0.1, 0.15) is 21.5 Å². The highest BCUT2D eigenvalue weighted by Gasteiger charge is 2.37. The predicted octanol–water partition coefficient (Wildman–Crippen LogP) is 1.74. The SMILES string of the molecule is C=NN1N=C2C(=NC1=C)C(=O)c1cccc(C)c12. The van der Waals surface area contributed by atoms with Crippen LogP contribution >= 0.6 is 0 Å². The van der Waals surface area contributed by atoms with Gasteiger partial charge in [-0.15, -0.1) is 10.2 Å². The van der Waals surface area contributed by atoms with Crippen LogP contribution < -0.4 is 0 Å². The van der Waals surface area contributed by atoms with Crippen molar-refractivity contribution in [1.82, 2.24) is 5.12 Å². The largest absolute Gasteiger partial charge is 0.287 e. The Morgan fingerprint density at radius 1 is 1.33 bits per heavy atom. The summed E-state index contributed by atoms with van der Waals surface area (Å²) in [4.78, 5) is 16.4. The first-order valence-electron chi connectivity index (χ1n) is 5.41. The number of hydrogen-bond donors (Lipinski definition) is 0. The summed E-state index contributed by atoms with van der Waals surface area (Å²) in [6, 6.07) is 5.57. The van der Waals surface area contributed by atoms with Crippen LogP contribution in [0.25, 0.3) is 0 Å². The quantitative estimate of drug-likeness (QED) is 0.700. The van der Waals surface area contributed by atoms with Crippen molar-refractivity contribution in [3.63, 3.8) is 0 Å². The molecule has 0 radical (unpaired) electrons. The van der Waals surface area contributed by atoms with Crippen molar-refractivity contribution in [2.75, 3.05) is 0 Å². The van der Waals surface area contributed by atoms with E-state index in [9.17, 15) is 4.79 Å². The van der Waals surface area contributed by atoms with Gasteiger partial charge in [0.05, 0.1) is 0 Å². The fourth-order valence-corrected chi connectivity index (χ4v) is 2.17. The summed E-state index contributed by atoms with van der Waals surface area (Å²) in [6.07, 6.45) is 0. The van der Waals surface area contributed by atoms with Crippen LogP contribution in [0.4, 0.5) is 0 Å². The Morgan fingerprint density at radius 3 is 2.83 bits per heavy atom. The predicted molar refractivity (Wildman–Crippen MR) is 70.0 cm³/mol. The summed E-state index contributed by atoms with van der Waals surface area (Å²) in [5.41, 5.74) is 3.33. The van der Waals surface area contributed by atoms with Gasteiger partial charge in [-0.25, -0.2) is 4.99 Å². The maximum Gasteiger partial charge on any atom is 0.214 e. The van der Waals surface area contributed by atoms with Gasteiger partial charge in [0.25, 0.3) is 0 Å². The molecule has 1 aliphatic heterocycles. The van der Waals surface area contributed by atoms with Crippen LogP contribution in [-0.4, -0.2) is 29.0 Å². The number of carbonyl (C=O) groups excluding carboxylic acids is 1. The highest BCUT2D eigenvalue weighted by Crippen LogP contribution is 2.28. The van der Waals surface area contributed by atoms with Crippen molar-refractivity contribution in [2.45, 2.75) is 6.92 Å². The lowest BCUT2D eigenvalue weighted by Gasteiger charge is -2.17. The minimum Gasteiger partial charge on any atom is -0.287 e. The standard InChI is InChI=1S/C13H10N4O/c1-7-5-4-6-9-10(7)11-12(13(9)18)15-8(2)17(14-3)16-11/h4-6H,2-3H2,1H3. The maximum absolute atomic E-state index is 12.2. The molecular weight excluding hydrogens is 228 g/mol. The molecule has 0 bridgehead atoms. The molecule has 0 unspecified atom stereocenters. The van der Waals surface area contributed by atoms with Gasteiger partial charge in [-0.3, -0.25) is 4.79 Å². The van der Waals surface area contributed by atoms with Gasteiger partial charge in [-0.2, -0.15) is 5.10 Å². The number of rotatable bonds is 1. The molecule has 5 heteroatoms. The third-order valence-electron chi connectivity index (χ3n) is 2.99. The molecule has 5 nitrogen and oxygen atoms in total. The zero-order valence-electron chi connectivity index (χ0n) is 9.84. The number of ketones is 1. The van der Waals surface area contributed by atoms with Gasteiger partial charge in [-0.1, -0.05) is 24.8 Å². The molecule has 18 heavy (non-hydrogen) atoms. The Kier molecular flexibility index (Phi) is 2.04. The third-order valence-corrected chi connectivity index (χ3v) is 2.99. The molecule has 0 saturated carbocycles. The Balaban J connectivity index is 2.30. The molecule has 1 aliphatic carbocycles. The molecule has 88 valence electrons. The van der Waals surface area contributed by atoms with Crippen LogP contribution in [0.5, 0.6) is 0 Å². The molecule has 0 amide bonds. The van der Waals surface area contributed by atoms with Crippen molar-refractivity contribution in [2.24, 2.45) is 15.2 Å². The molecule has 1 heterocycles. The van der Waals surface area contributed by atoms with Crippen LogP contribution in [0.15, 0.2) is 45.8 Å². The summed E-state index contributed by atoms with van der Waals surface area (Å²) in [5, 5.41) is 9.19. The summed E-state index contributed by atoms with van der Waals surface area (Å²) >= 11 is 0. The first-order chi connectivity index (χ1) is 8.63. The lowest BCUT2D eigenvalue weighted by molar-refractivity contribution is 0.106. The summed E-state index contributed by atoms with van der Waals surface area (Å²) in [6.45, 7) is 9.03. The van der Waals surface area contributed by atoms with Crippen molar-refractivity contribution >= 4 is 23.9 Å². The van der Waals surface area contributed by atoms with E-state index in [1.54, 1.807) is 6.07 Å². The zero-order chi connectivity index (χ0) is 12.9. The molecule has 2 aliphatic rings. The monoisotopic (exact) mass is 238 g/mol. The second-order valence-electron chi connectivity index (χ2n) is 4.08. The highest BCUT2D eigenvalue weighted by atomic mass is 16.1. The van der Waals surface area contributed by atoms with Gasteiger partial charge < -0.3 is 0 Å². The van der Waals surface area contributed by atoms with E-state index in [4.69, 9.17) is 0 Å². The number of Topliss-reactive ketones (excluding diaryl/α,β-unsaturated/α-hetero) is 1. The number of aryl methyl sites for hydroxylation is 1. The molecule has 1 aromatic rings. The maximum atomic E-state index is 12.2. The van der Waals surface area contributed by atoms with Crippen molar-refractivity contribution < 1.29 is 4.79 Å². The van der Waals surface area contributed by atoms with Gasteiger partial charge in [0.2, 0.25) is 5.78 Å². The van der Waals surface area contributed by atoms with Gasteiger partial charge in [0.1, 0.15) is 11.4 Å². The number of fused-ring (bicyclic) bond motifs is 3. The summed E-state index contributed by atoms with van der Waals surface area (Å²) < 4.78 is 0. The minimum atomic E-state index is -0.114. The number of hydrogen-bond acceptors (Lipinski definition) is 5. The van der Waals surface area contributed by atoms with Crippen molar-refractivity contribution in [3.05, 3.63) is 47.3 Å².